The summed E-state index contributed by atoms with van der Waals surface area (Å²) in [5.41, 5.74) is 1.95. The summed E-state index contributed by atoms with van der Waals surface area (Å²) >= 11 is 1.42. The molecule has 0 atom stereocenters. The molecule has 3 rings (SSSR count). The molecule has 128 valence electrons. The van der Waals surface area contributed by atoms with Gasteiger partial charge in [-0.25, -0.2) is 0 Å². The van der Waals surface area contributed by atoms with E-state index in [1.165, 1.54) is 17.8 Å². The van der Waals surface area contributed by atoms with E-state index < -0.39 is 4.92 Å². The highest BCUT2D eigenvalue weighted by Crippen LogP contribution is 2.26. The molecule has 0 spiro atoms. The molecule has 8 nitrogen and oxygen atoms in total. The Morgan fingerprint density at radius 3 is 2.88 bits per heavy atom. The summed E-state index contributed by atoms with van der Waals surface area (Å²) in [7, 11) is 0. The monoisotopic (exact) mass is 357 g/mol. The Bertz CT molecular complexity index is 883. The number of nitro benzene ring substituents is 1. The van der Waals surface area contributed by atoms with Crippen molar-refractivity contribution in [1.29, 1.82) is 0 Å². The Balaban J connectivity index is 1.61. The van der Waals surface area contributed by atoms with Crippen molar-refractivity contribution in [3.63, 3.8) is 0 Å². The first-order chi connectivity index (χ1) is 12.1. The Kier molecular flexibility index (Phi) is 5.24. The van der Waals surface area contributed by atoms with Crippen molar-refractivity contribution in [1.82, 2.24) is 20.2 Å². The molecule has 0 radical (unpaired) electrons. The lowest BCUT2D eigenvalue weighted by Gasteiger charge is -2.07. The molecule has 0 N–H and O–H groups in total. The highest BCUT2D eigenvalue weighted by Gasteiger charge is 2.14. The lowest BCUT2D eigenvalue weighted by atomic mass is 10.2. The number of benzene rings is 2. The van der Waals surface area contributed by atoms with Crippen LogP contribution >= 0.6 is 11.8 Å². The lowest BCUT2D eigenvalue weighted by molar-refractivity contribution is -0.385. The Labute approximate surface area is 148 Å². The number of para-hydroxylation sites is 2. The van der Waals surface area contributed by atoms with Crippen LogP contribution in [0.25, 0.3) is 5.69 Å². The molecular formula is C16H15N5O3S. The van der Waals surface area contributed by atoms with E-state index in [-0.39, 0.29) is 11.4 Å². The minimum absolute atomic E-state index is 0.0444. The molecule has 0 aliphatic carbocycles. The maximum absolute atomic E-state index is 11.0. The molecule has 25 heavy (non-hydrogen) atoms. The van der Waals surface area contributed by atoms with E-state index >= 15 is 0 Å². The second-order valence-corrected chi connectivity index (χ2v) is 6.20. The van der Waals surface area contributed by atoms with Crippen molar-refractivity contribution in [2.24, 2.45) is 0 Å². The van der Waals surface area contributed by atoms with Crippen LogP contribution in [-0.4, -0.2) is 37.5 Å². The molecule has 0 bridgehead atoms. The number of hydrogen-bond donors (Lipinski definition) is 0. The van der Waals surface area contributed by atoms with Crippen LogP contribution in [-0.2, 0) is 0 Å². The van der Waals surface area contributed by atoms with Gasteiger partial charge in [0, 0.05) is 11.8 Å². The van der Waals surface area contributed by atoms with Crippen LogP contribution in [0.5, 0.6) is 5.75 Å². The Hall–Kier alpha value is -2.94. The van der Waals surface area contributed by atoms with Gasteiger partial charge in [-0.1, -0.05) is 36.0 Å². The fourth-order valence-electron chi connectivity index (χ4n) is 2.21. The van der Waals surface area contributed by atoms with Crippen molar-refractivity contribution < 1.29 is 9.66 Å². The van der Waals surface area contributed by atoms with Crippen molar-refractivity contribution in [2.45, 2.75) is 12.1 Å². The highest BCUT2D eigenvalue weighted by atomic mass is 32.2. The van der Waals surface area contributed by atoms with Crippen LogP contribution in [0, 0.1) is 17.0 Å². The number of hydrogen-bond acceptors (Lipinski definition) is 7. The third kappa shape index (κ3) is 4.13. The minimum Gasteiger partial charge on any atom is -0.486 e. The molecule has 1 heterocycles. The maximum atomic E-state index is 11.0. The first kappa shape index (κ1) is 16.9. The van der Waals surface area contributed by atoms with Crippen molar-refractivity contribution in [3.05, 3.63) is 64.2 Å². The fourth-order valence-corrected chi connectivity index (χ4v) is 2.91. The second kappa shape index (κ2) is 7.75. The Morgan fingerprint density at radius 2 is 2.08 bits per heavy atom. The number of thioether (sulfide) groups is 1. The third-order valence-corrected chi connectivity index (χ3v) is 4.20. The van der Waals surface area contributed by atoms with Crippen LogP contribution in [0.15, 0.2) is 53.7 Å². The van der Waals surface area contributed by atoms with Crippen LogP contribution in [0.4, 0.5) is 5.69 Å². The zero-order valence-electron chi connectivity index (χ0n) is 13.4. The molecule has 0 saturated heterocycles. The van der Waals surface area contributed by atoms with Gasteiger partial charge in [-0.3, -0.25) is 10.1 Å². The number of rotatable bonds is 7. The average molecular weight is 357 g/mol. The SMILES string of the molecule is Cc1cccc(-n2nnnc2SCCOc2ccccc2[N+](=O)[O-])c1. The van der Waals surface area contributed by atoms with Gasteiger partial charge in [0.2, 0.25) is 5.16 Å². The molecule has 0 aliphatic rings. The topological polar surface area (TPSA) is 96.0 Å². The van der Waals surface area contributed by atoms with E-state index in [9.17, 15) is 10.1 Å². The number of aryl methyl sites for hydroxylation is 1. The summed E-state index contributed by atoms with van der Waals surface area (Å²) in [6.07, 6.45) is 0. The maximum Gasteiger partial charge on any atom is 0.310 e. The molecule has 0 unspecified atom stereocenters. The van der Waals surface area contributed by atoms with E-state index in [0.29, 0.717) is 17.5 Å². The van der Waals surface area contributed by atoms with Crippen LogP contribution in [0.2, 0.25) is 0 Å². The molecule has 2 aromatic carbocycles. The summed E-state index contributed by atoms with van der Waals surface area (Å²) in [4.78, 5) is 10.5. The van der Waals surface area contributed by atoms with Gasteiger partial charge in [-0.05, 0) is 41.1 Å². The van der Waals surface area contributed by atoms with E-state index in [4.69, 9.17) is 4.74 Å². The molecule has 0 saturated carbocycles. The zero-order chi connectivity index (χ0) is 17.6. The normalized spacial score (nSPS) is 10.6. The van der Waals surface area contributed by atoms with E-state index in [0.717, 1.165) is 11.3 Å². The summed E-state index contributed by atoms with van der Waals surface area (Å²) in [6.45, 7) is 2.30. The molecule has 0 aliphatic heterocycles. The van der Waals surface area contributed by atoms with Crippen LogP contribution < -0.4 is 4.74 Å². The van der Waals surface area contributed by atoms with Gasteiger partial charge >= 0.3 is 5.69 Å². The Morgan fingerprint density at radius 1 is 1.24 bits per heavy atom. The summed E-state index contributed by atoms with van der Waals surface area (Å²) < 4.78 is 7.18. The fraction of sp³-hybridized carbons (Fsp3) is 0.188. The summed E-state index contributed by atoms with van der Waals surface area (Å²) in [5.74, 6) is 0.810. The lowest BCUT2D eigenvalue weighted by Crippen LogP contribution is -2.04. The smallest absolute Gasteiger partial charge is 0.310 e. The molecular weight excluding hydrogens is 342 g/mol. The van der Waals surface area contributed by atoms with E-state index in [2.05, 4.69) is 15.5 Å². The average Bonchev–Trinajstić information content (AvgIpc) is 3.07. The van der Waals surface area contributed by atoms with Crippen molar-refractivity contribution >= 4 is 17.4 Å². The van der Waals surface area contributed by atoms with Gasteiger partial charge in [0.25, 0.3) is 0 Å². The van der Waals surface area contributed by atoms with Gasteiger partial charge in [0.15, 0.2) is 5.75 Å². The van der Waals surface area contributed by atoms with Gasteiger partial charge in [-0.15, -0.1) is 5.10 Å². The van der Waals surface area contributed by atoms with Crippen molar-refractivity contribution in [2.75, 3.05) is 12.4 Å². The largest absolute Gasteiger partial charge is 0.486 e. The predicted octanol–water partition coefficient (Wildman–Crippen LogP) is 3.05. The second-order valence-electron chi connectivity index (χ2n) is 5.13. The number of nitro groups is 1. The van der Waals surface area contributed by atoms with E-state index in [1.807, 2.05) is 31.2 Å². The van der Waals surface area contributed by atoms with Gasteiger partial charge in [0.05, 0.1) is 17.2 Å². The predicted molar refractivity (Wildman–Crippen MR) is 93.2 cm³/mol. The van der Waals surface area contributed by atoms with Crippen LogP contribution in [0.3, 0.4) is 0 Å². The molecule has 9 heteroatoms. The zero-order valence-corrected chi connectivity index (χ0v) is 14.2. The van der Waals surface area contributed by atoms with Crippen LogP contribution in [0.1, 0.15) is 5.56 Å². The summed E-state index contributed by atoms with van der Waals surface area (Å²) in [5, 5.41) is 23.3. The van der Waals surface area contributed by atoms with Gasteiger partial charge in [0.1, 0.15) is 0 Å². The molecule has 0 fully saturated rings. The first-order valence-electron chi connectivity index (χ1n) is 7.49. The third-order valence-electron chi connectivity index (χ3n) is 3.32. The quantitative estimate of drug-likeness (QED) is 0.277. The van der Waals surface area contributed by atoms with Gasteiger partial charge in [-0.2, -0.15) is 4.68 Å². The van der Waals surface area contributed by atoms with E-state index in [1.54, 1.807) is 22.9 Å². The number of nitrogens with zero attached hydrogens (tertiary/aromatic N) is 5. The van der Waals surface area contributed by atoms with Gasteiger partial charge < -0.3 is 4.74 Å². The molecule has 3 aromatic rings. The number of ether oxygens (including phenoxy) is 1. The molecule has 0 amide bonds. The van der Waals surface area contributed by atoms with Crippen molar-refractivity contribution in [3.8, 4) is 11.4 Å². The standard InChI is InChI=1S/C16H15N5O3S/c1-12-5-4-6-13(11-12)20-16(17-18-19-20)25-10-9-24-15-8-3-2-7-14(15)21(22)23/h2-8,11H,9-10H2,1H3. The molecule has 1 aromatic heterocycles. The summed E-state index contributed by atoms with van der Waals surface area (Å²) in [6, 6.07) is 14.2. The minimum atomic E-state index is -0.458. The highest BCUT2D eigenvalue weighted by molar-refractivity contribution is 7.99. The number of aromatic nitrogens is 4. The number of tetrazole rings is 1. The first-order valence-corrected chi connectivity index (χ1v) is 8.48.